The summed E-state index contributed by atoms with van der Waals surface area (Å²) in [6.45, 7) is 4.45. The highest BCUT2D eigenvalue weighted by Gasteiger charge is 2.65. The molecule has 0 radical (unpaired) electrons. The Kier molecular flexibility index (Phi) is 3.87. The highest BCUT2D eigenvalue weighted by Crippen LogP contribution is 2.64. The number of carbonyl (C=O) groups excluding carboxylic acids is 2. The number of rotatable bonds is 4. The summed E-state index contributed by atoms with van der Waals surface area (Å²) < 4.78 is 27.1. The van der Waals surface area contributed by atoms with Crippen molar-refractivity contribution in [2.45, 2.75) is 46.0 Å². The van der Waals surface area contributed by atoms with E-state index in [1.165, 1.54) is 4.31 Å². The van der Waals surface area contributed by atoms with E-state index in [0.29, 0.717) is 12.8 Å². The van der Waals surface area contributed by atoms with Crippen molar-refractivity contribution in [1.82, 2.24) is 4.31 Å². The van der Waals surface area contributed by atoms with E-state index in [-0.39, 0.29) is 48.8 Å². The molecule has 1 saturated heterocycles. The number of aliphatic carboxylic acids is 1. The number of hydrogen-bond donors (Lipinski definition) is 0. The molecule has 0 unspecified atom stereocenters. The molecule has 0 amide bonds. The van der Waals surface area contributed by atoms with Gasteiger partial charge in [0, 0.05) is 36.8 Å². The largest absolute Gasteiger partial charge is 0.550 e. The molecule has 3 aliphatic rings. The Morgan fingerprint density at radius 2 is 1.87 bits per heavy atom. The molecule has 2 atom stereocenters. The Hall–Kier alpha value is -0.950. The number of carboxylic acid groups (broad SMARTS) is 1. The van der Waals surface area contributed by atoms with Crippen LogP contribution in [0.25, 0.3) is 0 Å². The number of sulfonamides is 1. The SMILES string of the molecule is CC1(C)[C@H]2CC[C@@]1(CS(=O)(=O)N1CCC(C(=O)[O-])CC1)C(=O)C2. The minimum Gasteiger partial charge on any atom is -0.550 e. The minimum atomic E-state index is -3.56. The zero-order valence-corrected chi connectivity index (χ0v) is 14.5. The van der Waals surface area contributed by atoms with Crippen LogP contribution < -0.4 is 5.11 Å². The highest BCUT2D eigenvalue weighted by molar-refractivity contribution is 7.89. The fourth-order valence-electron chi connectivity index (χ4n) is 4.88. The maximum atomic E-state index is 12.8. The van der Waals surface area contributed by atoms with Crippen molar-refractivity contribution in [3.05, 3.63) is 0 Å². The number of nitrogens with zero attached hydrogens (tertiary/aromatic N) is 1. The van der Waals surface area contributed by atoms with E-state index in [2.05, 4.69) is 0 Å². The van der Waals surface area contributed by atoms with Gasteiger partial charge >= 0.3 is 0 Å². The Balaban J connectivity index is 1.77. The average Bonchev–Trinajstić information content (AvgIpc) is 2.81. The number of ketones is 1. The molecule has 23 heavy (non-hydrogen) atoms. The van der Waals surface area contributed by atoms with Gasteiger partial charge in [0.05, 0.1) is 5.75 Å². The standard InChI is InChI=1S/C16H25NO5S/c1-15(2)12-3-6-16(15,13(18)9-12)10-23(21,22)17-7-4-11(5-8-17)14(19)20/h11-12H,3-10H2,1-2H3,(H,19,20)/p-1/t12-,16+/m0/s1. The Bertz CT molecular complexity index is 633. The fraction of sp³-hybridized carbons (Fsp3) is 0.875. The zero-order chi connectivity index (χ0) is 17.0. The smallest absolute Gasteiger partial charge is 0.215 e. The predicted molar refractivity (Wildman–Crippen MR) is 81.7 cm³/mol. The maximum Gasteiger partial charge on any atom is 0.215 e. The number of Topliss-reactive ketones (excluding diaryl/α,β-unsaturated/α-hetero) is 1. The molecule has 2 saturated carbocycles. The number of carbonyl (C=O) groups is 2. The van der Waals surface area contributed by atoms with E-state index in [9.17, 15) is 23.1 Å². The van der Waals surface area contributed by atoms with Crippen LogP contribution in [0.4, 0.5) is 0 Å². The van der Waals surface area contributed by atoms with Gasteiger partial charge in [0.15, 0.2) is 0 Å². The molecule has 3 rings (SSSR count). The van der Waals surface area contributed by atoms with Crippen LogP contribution in [-0.2, 0) is 19.6 Å². The molecule has 0 spiro atoms. The van der Waals surface area contributed by atoms with E-state index in [1.54, 1.807) is 0 Å². The summed E-state index contributed by atoms with van der Waals surface area (Å²) in [7, 11) is -3.56. The van der Waals surface area contributed by atoms with Crippen LogP contribution in [0, 0.1) is 22.7 Å². The Morgan fingerprint density at radius 1 is 1.26 bits per heavy atom. The lowest BCUT2D eigenvalue weighted by molar-refractivity contribution is -0.312. The molecular weight excluding hydrogens is 318 g/mol. The second-order valence-electron chi connectivity index (χ2n) is 7.92. The quantitative estimate of drug-likeness (QED) is 0.726. The molecule has 0 aromatic carbocycles. The third-order valence-corrected chi connectivity index (χ3v) is 8.76. The van der Waals surface area contributed by atoms with Crippen LogP contribution in [0.5, 0.6) is 0 Å². The van der Waals surface area contributed by atoms with Gasteiger partial charge in [-0.3, -0.25) is 4.79 Å². The maximum absolute atomic E-state index is 12.8. The van der Waals surface area contributed by atoms with Gasteiger partial charge in [0.25, 0.3) is 0 Å². The average molecular weight is 342 g/mol. The van der Waals surface area contributed by atoms with Crippen LogP contribution in [0.15, 0.2) is 0 Å². The molecule has 130 valence electrons. The number of fused-ring (bicyclic) bond motifs is 2. The molecule has 2 bridgehead atoms. The summed E-state index contributed by atoms with van der Waals surface area (Å²) in [5.41, 5.74) is -1.04. The monoisotopic (exact) mass is 342 g/mol. The van der Waals surface area contributed by atoms with Gasteiger partial charge in [-0.25, -0.2) is 12.7 Å². The van der Waals surface area contributed by atoms with Gasteiger partial charge in [0.2, 0.25) is 10.0 Å². The van der Waals surface area contributed by atoms with Crippen molar-refractivity contribution in [2.24, 2.45) is 22.7 Å². The zero-order valence-electron chi connectivity index (χ0n) is 13.7. The highest BCUT2D eigenvalue weighted by atomic mass is 32.2. The van der Waals surface area contributed by atoms with Crippen molar-refractivity contribution < 1.29 is 23.1 Å². The molecular formula is C16H24NO5S-. The molecule has 0 aromatic heterocycles. The third kappa shape index (κ3) is 2.43. The molecule has 2 aliphatic carbocycles. The summed E-state index contributed by atoms with van der Waals surface area (Å²) in [4.78, 5) is 23.4. The fourth-order valence-corrected chi connectivity index (χ4v) is 7.13. The van der Waals surface area contributed by atoms with E-state index >= 15 is 0 Å². The van der Waals surface area contributed by atoms with E-state index in [1.807, 2.05) is 13.8 Å². The van der Waals surface area contributed by atoms with Crippen molar-refractivity contribution in [3.63, 3.8) is 0 Å². The first-order valence-corrected chi connectivity index (χ1v) is 9.93. The van der Waals surface area contributed by atoms with Crippen molar-refractivity contribution in [3.8, 4) is 0 Å². The first-order valence-electron chi connectivity index (χ1n) is 8.32. The van der Waals surface area contributed by atoms with Gasteiger partial charge in [-0.2, -0.15) is 0 Å². The first kappa shape index (κ1) is 16.9. The molecule has 7 heteroatoms. The summed E-state index contributed by atoms with van der Waals surface area (Å²) >= 11 is 0. The van der Waals surface area contributed by atoms with Crippen LogP contribution in [-0.4, -0.2) is 43.3 Å². The normalized spacial score (nSPS) is 34.9. The van der Waals surface area contributed by atoms with Crippen LogP contribution in [0.1, 0.15) is 46.0 Å². The lowest BCUT2D eigenvalue weighted by Gasteiger charge is -2.39. The van der Waals surface area contributed by atoms with Crippen LogP contribution in [0.3, 0.4) is 0 Å². The van der Waals surface area contributed by atoms with Crippen molar-refractivity contribution >= 4 is 21.8 Å². The van der Waals surface area contributed by atoms with Gasteiger partial charge < -0.3 is 9.90 Å². The van der Waals surface area contributed by atoms with Gasteiger partial charge in [0.1, 0.15) is 5.78 Å². The van der Waals surface area contributed by atoms with E-state index in [4.69, 9.17) is 0 Å². The van der Waals surface area contributed by atoms with Gasteiger partial charge in [-0.05, 0) is 37.0 Å². The lowest BCUT2D eigenvalue weighted by atomic mass is 9.70. The predicted octanol–water partition coefficient (Wildman–Crippen LogP) is 0.174. The van der Waals surface area contributed by atoms with Crippen LogP contribution in [0.2, 0.25) is 0 Å². The Labute approximate surface area is 137 Å². The molecule has 0 N–H and O–H groups in total. The minimum absolute atomic E-state index is 0.0898. The topological polar surface area (TPSA) is 94.6 Å². The Morgan fingerprint density at radius 3 is 2.30 bits per heavy atom. The molecule has 3 fully saturated rings. The molecule has 1 heterocycles. The second kappa shape index (κ2) is 5.28. The molecule has 6 nitrogen and oxygen atoms in total. The van der Waals surface area contributed by atoms with Crippen molar-refractivity contribution in [2.75, 3.05) is 18.8 Å². The van der Waals surface area contributed by atoms with Crippen molar-refractivity contribution in [1.29, 1.82) is 0 Å². The summed E-state index contributed by atoms with van der Waals surface area (Å²) in [6, 6.07) is 0. The number of carboxylic acids is 1. The van der Waals surface area contributed by atoms with Gasteiger partial charge in [-0.1, -0.05) is 13.8 Å². The lowest BCUT2D eigenvalue weighted by Crippen LogP contribution is -2.49. The molecule has 1 aliphatic heterocycles. The summed E-state index contributed by atoms with van der Waals surface area (Å²) in [5.74, 6) is -1.43. The summed E-state index contributed by atoms with van der Waals surface area (Å²) in [6.07, 6.45) is 2.64. The second-order valence-corrected chi connectivity index (χ2v) is 9.88. The van der Waals surface area contributed by atoms with Crippen LogP contribution >= 0.6 is 0 Å². The third-order valence-electron chi connectivity index (χ3n) is 6.75. The van der Waals surface area contributed by atoms with Gasteiger partial charge in [-0.15, -0.1) is 0 Å². The number of piperidine rings is 1. The van der Waals surface area contributed by atoms with E-state index in [0.717, 1.165) is 6.42 Å². The molecule has 0 aromatic rings. The van der Waals surface area contributed by atoms with E-state index < -0.39 is 27.3 Å². The number of hydrogen-bond acceptors (Lipinski definition) is 5. The first-order chi connectivity index (χ1) is 10.6. The summed E-state index contributed by atoms with van der Waals surface area (Å²) in [5, 5.41) is 10.9.